The predicted octanol–water partition coefficient (Wildman–Crippen LogP) is 3.09. The summed E-state index contributed by atoms with van der Waals surface area (Å²) in [6.45, 7) is 1.62. The van der Waals surface area contributed by atoms with E-state index < -0.39 is 5.91 Å². The summed E-state index contributed by atoms with van der Waals surface area (Å²) in [5.74, 6) is -0.256. The van der Waals surface area contributed by atoms with Gasteiger partial charge in [0.15, 0.2) is 0 Å². The SMILES string of the molecule is NC(=O)c1cccc(CNc2cc(F)ccc2OCC2CCCO2)c1. The van der Waals surface area contributed by atoms with Gasteiger partial charge in [0.25, 0.3) is 0 Å². The fourth-order valence-corrected chi connectivity index (χ4v) is 2.76. The molecule has 0 spiro atoms. The maximum absolute atomic E-state index is 13.6. The van der Waals surface area contributed by atoms with E-state index in [1.54, 1.807) is 24.3 Å². The lowest BCUT2D eigenvalue weighted by Gasteiger charge is -2.16. The largest absolute Gasteiger partial charge is 0.489 e. The lowest BCUT2D eigenvalue weighted by Crippen LogP contribution is -2.17. The number of anilines is 1. The van der Waals surface area contributed by atoms with Gasteiger partial charge in [0.2, 0.25) is 5.91 Å². The normalized spacial score (nSPS) is 16.6. The first-order chi connectivity index (χ1) is 12.1. The zero-order valence-corrected chi connectivity index (χ0v) is 13.8. The lowest BCUT2D eigenvalue weighted by atomic mass is 10.1. The van der Waals surface area contributed by atoms with Gasteiger partial charge in [-0.2, -0.15) is 0 Å². The average molecular weight is 344 g/mol. The van der Waals surface area contributed by atoms with Crippen LogP contribution in [0.5, 0.6) is 5.75 Å². The van der Waals surface area contributed by atoms with Crippen molar-refractivity contribution in [3.05, 3.63) is 59.4 Å². The van der Waals surface area contributed by atoms with Crippen LogP contribution in [-0.2, 0) is 11.3 Å². The standard InChI is InChI=1S/C19H21FN2O3/c20-15-6-7-18(25-12-16-5-2-8-24-16)17(10-15)22-11-13-3-1-4-14(9-13)19(21)23/h1,3-4,6-7,9-10,16,22H,2,5,8,11-12H2,(H2,21,23). The van der Waals surface area contributed by atoms with Gasteiger partial charge in [0, 0.05) is 24.8 Å². The molecule has 0 radical (unpaired) electrons. The van der Waals surface area contributed by atoms with Gasteiger partial charge in [-0.25, -0.2) is 4.39 Å². The van der Waals surface area contributed by atoms with E-state index in [1.807, 2.05) is 6.07 Å². The number of rotatable bonds is 7. The summed E-state index contributed by atoms with van der Waals surface area (Å²) in [6, 6.07) is 11.4. The Labute approximate surface area is 145 Å². The van der Waals surface area contributed by atoms with Crippen molar-refractivity contribution in [1.82, 2.24) is 0 Å². The first-order valence-electron chi connectivity index (χ1n) is 8.28. The number of hydrogen-bond acceptors (Lipinski definition) is 4. The fourth-order valence-electron chi connectivity index (χ4n) is 2.76. The van der Waals surface area contributed by atoms with Gasteiger partial charge in [-0.15, -0.1) is 0 Å². The van der Waals surface area contributed by atoms with E-state index in [1.165, 1.54) is 12.1 Å². The van der Waals surface area contributed by atoms with Crippen molar-refractivity contribution in [3.63, 3.8) is 0 Å². The fraction of sp³-hybridized carbons (Fsp3) is 0.316. The van der Waals surface area contributed by atoms with Gasteiger partial charge in [-0.05, 0) is 42.7 Å². The van der Waals surface area contributed by atoms with Crippen molar-refractivity contribution in [2.75, 3.05) is 18.5 Å². The van der Waals surface area contributed by atoms with E-state index in [-0.39, 0.29) is 11.9 Å². The summed E-state index contributed by atoms with van der Waals surface area (Å²) in [6.07, 6.45) is 2.10. The average Bonchev–Trinajstić information content (AvgIpc) is 3.13. The molecule has 1 saturated heterocycles. The third-order valence-electron chi connectivity index (χ3n) is 4.08. The smallest absolute Gasteiger partial charge is 0.248 e. The minimum atomic E-state index is -0.479. The highest BCUT2D eigenvalue weighted by molar-refractivity contribution is 5.92. The van der Waals surface area contributed by atoms with Crippen molar-refractivity contribution in [3.8, 4) is 5.75 Å². The summed E-state index contributed by atoms with van der Waals surface area (Å²) in [4.78, 5) is 11.3. The van der Waals surface area contributed by atoms with Crippen LogP contribution < -0.4 is 15.8 Å². The number of nitrogens with two attached hydrogens (primary N) is 1. The molecule has 1 aliphatic rings. The van der Waals surface area contributed by atoms with Crippen molar-refractivity contribution in [1.29, 1.82) is 0 Å². The minimum Gasteiger partial charge on any atom is -0.489 e. The number of carbonyl (C=O) groups is 1. The van der Waals surface area contributed by atoms with Gasteiger partial charge < -0.3 is 20.5 Å². The Bertz CT molecular complexity index is 745. The molecule has 1 amide bonds. The molecule has 1 atom stereocenters. The van der Waals surface area contributed by atoms with E-state index in [9.17, 15) is 9.18 Å². The zero-order valence-electron chi connectivity index (χ0n) is 13.8. The Hall–Kier alpha value is -2.60. The molecule has 25 heavy (non-hydrogen) atoms. The van der Waals surface area contributed by atoms with Crippen LogP contribution in [0.25, 0.3) is 0 Å². The third-order valence-corrected chi connectivity index (χ3v) is 4.08. The highest BCUT2D eigenvalue weighted by atomic mass is 19.1. The molecule has 0 aromatic heterocycles. The second kappa shape index (κ2) is 7.98. The van der Waals surface area contributed by atoms with Crippen molar-refractivity contribution in [2.24, 2.45) is 5.73 Å². The number of nitrogens with one attached hydrogen (secondary N) is 1. The summed E-state index contributed by atoms with van der Waals surface area (Å²) < 4.78 is 24.9. The zero-order chi connectivity index (χ0) is 17.6. The summed E-state index contributed by atoms with van der Waals surface area (Å²) in [7, 11) is 0. The minimum absolute atomic E-state index is 0.0881. The van der Waals surface area contributed by atoms with Crippen LogP contribution >= 0.6 is 0 Å². The van der Waals surface area contributed by atoms with Gasteiger partial charge in [0.1, 0.15) is 18.2 Å². The van der Waals surface area contributed by atoms with Crippen LogP contribution in [0, 0.1) is 5.82 Å². The molecule has 3 N–H and O–H groups in total. The number of hydrogen-bond donors (Lipinski definition) is 2. The number of amides is 1. The summed E-state index contributed by atoms with van der Waals surface area (Å²) >= 11 is 0. The van der Waals surface area contributed by atoms with Crippen molar-refractivity contribution >= 4 is 11.6 Å². The third kappa shape index (κ3) is 4.70. The van der Waals surface area contributed by atoms with Crippen molar-refractivity contribution in [2.45, 2.75) is 25.5 Å². The molecule has 0 aliphatic carbocycles. The van der Waals surface area contributed by atoms with Gasteiger partial charge in [-0.3, -0.25) is 4.79 Å². The Morgan fingerprint density at radius 1 is 1.32 bits per heavy atom. The summed E-state index contributed by atoms with van der Waals surface area (Å²) in [5.41, 5.74) is 7.15. The van der Waals surface area contributed by atoms with Crippen LogP contribution in [0.4, 0.5) is 10.1 Å². The first-order valence-corrected chi connectivity index (χ1v) is 8.28. The van der Waals surface area contributed by atoms with Crippen LogP contribution in [0.15, 0.2) is 42.5 Å². The van der Waals surface area contributed by atoms with Gasteiger partial charge >= 0.3 is 0 Å². The van der Waals surface area contributed by atoms with E-state index in [4.69, 9.17) is 15.2 Å². The quantitative estimate of drug-likeness (QED) is 0.809. The number of benzene rings is 2. The second-order valence-electron chi connectivity index (χ2n) is 6.00. The van der Waals surface area contributed by atoms with Gasteiger partial charge in [-0.1, -0.05) is 12.1 Å². The van der Waals surface area contributed by atoms with E-state index in [0.29, 0.717) is 30.2 Å². The molecule has 1 unspecified atom stereocenters. The monoisotopic (exact) mass is 344 g/mol. The summed E-state index contributed by atoms with van der Waals surface area (Å²) in [5, 5.41) is 3.15. The molecule has 1 fully saturated rings. The molecule has 5 nitrogen and oxygen atoms in total. The van der Waals surface area contributed by atoms with E-state index in [2.05, 4.69) is 5.32 Å². The Morgan fingerprint density at radius 2 is 2.20 bits per heavy atom. The number of carbonyl (C=O) groups excluding carboxylic acids is 1. The van der Waals surface area contributed by atoms with Crippen molar-refractivity contribution < 1.29 is 18.7 Å². The highest BCUT2D eigenvalue weighted by Gasteiger charge is 2.17. The van der Waals surface area contributed by atoms with Crippen LogP contribution in [0.1, 0.15) is 28.8 Å². The predicted molar refractivity (Wildman–Crippen MR) is 93.2 cm³/mol. The Morgan fingerprint density at radius 3 is 2.96 bits per heavy atom. The first kappa shape index (κ1) is 17.2. The Kier molecular flexibility index (Phi) is 5.50. The molecule has 0 saturated carbocycles. The molecule has 0 bridgehead atoms. The second-order valence-corrected chi connectivity index (χ2v) is 6.00. The van der Waals surface area contributed by atoms with Gasteiger partial charge in [0.05, 0.1) is 11.8 Å². The number of halogens is 1. The van der Waals surface area contributed by atoms with Crippen LogP contribution in [-0.4, -0.2) is 25.2 Å². The highest BCUT2D eigenvalue weighted by Crippen LogP contribution is 2.27. The molecular formula is C19H21FN2O3. The molecule has 1 heterocycles. The lowest BCUT2D eigenvalue weighted by molar-refractivity contribution is 0.0682. The molecule has 2 aromatic carbocycles. The molecular weight excluding hydrogens is 323 g/mol. The van der Waals surface area contributed by atoms with Crippen LogP contribution in [0.2, 0.25) is 0 Å². The maximum atomic E-state index is 13.6. The molecule has 2 aromatic rings. The van der Waals surface area contributed by atoms with E-state index >= 15 is 0 Å². The Balaban J connectivity index is 1.67. The molecule has 6 heteroatoms. The van der Waals surface area contributed by atoms with Crippen LogP contribution in [0.3, 0.4) is 0 Å². The topological polar surface area (TPSA) is 73.6 Å². The van der Waals surface area contributed by atoms with E-state index in [0.717, 1.165) is 25.0 Å². The number of ether oxygens (including phenoxy) is 2. The molecule has 132 valence electrons. The molecule has 3 rings (SSSR count). The maximum Gasteiger partial charge on any atom is 0.248 e. The molecule has 1 aliphatic heterocycles. The number of primary amides is 1.